The molecule has 216 valence electrons. The van der Waals surface area contributed by atoms with E-state index in [2.05, 4.69) is 83.8 Å². The van der Waals surface area contributed by atoms with E-state index in [-0.39, 0.29) is 0 Å². The fourth-order valence-electron chi connectivity index (χ4n) is 6.71. The second-order valence-electron chi connectivity index (χ2n) is 11.6. The number of hydrogen-bond donors (Lipinski definition) is 0. The van der Waals surface area contributed by atoms with Crippen LogP contribution in [0.1, 0.15) is 0 Å². The van der Waals surface area contributed by atoms with Crippen LogP contribution >= 0.6 is 0 Å². The van der Waals surface area contributed by atoms with E-state index in [1.165, 1.54) is 0 Å². The van der Waals surface area contributed by atoms with Gasteiger partial charge in [0.2, 0.25) is 0 Å². The zero-order valence-corrected chi connectivity index (χ0v) is 24.5. The molecule has 0 unspecified atom stereocenters. The Balaban J connectivity index is 1.12. The largest absolute Gasteiger partial charge is 0.456 e. The van der Waals surface area contributed by atoms with Crippen LogP contribution in [0.2, 0.25) is 0 Å². The number of nitrogens with zero attached hydrogens (tertiary/aromatic N) is 2. The lowest BCUT2D eigenvalue weighted by Crippen LogP contribution is -2.11. The average molecular weight is 593 g/mol. The molecule has 0 atom stereocenters. The van der Waals surface area contributed by atoms with Crippen LogP contribution in [0.3, 0.4) is 0 Å². The number of benzene rings is 6. The van der Waals surface area contributed by atoms with Crippen molar-refractivity contribution in [3.63, 3.8) is 0 Å². The van der Waals surface area contributed by atoms with E-state index in [0.29, 0.717) is 0 Å². The molecule has 46 heavy (non-hydrogen) atoms. The Morgan fingerprint density at radius 3 is 1.54 bits per heavy atom. The minimum absolute atomic E-state index is 0.788. The second-order valence-corrected chi connectivity index (χ2v) is 11.6. The highest BCUT2D eigenvalue weighted by atomic mass is 16.3. The quantitative estimate of drug-likeness (QED) is 0.203. The minimum Gasteiger partial charge on any atom is -0.456 e. The van der Waals surface area contributed by atoms with Gasteiger partial charge in [0.15, 0.2) is 0 Å². The van der Waals surface area contributed by atoms with Gasteiger partial charge in [0, 0.05) is 55.8 Å². The first-order valence-corrected chi connectivity index (χ1v) is 15.3. The van der Waals surface area contributed by atoms with Crippen LogP contribution in [-0.2, 0) is 0 Å². The summed E-state index contributed by atoms with van der Waals surface area (Å²) in [6.07, 6.45) is 1.93. The number of hydrogen-bond acceptors (Lipinski definition) is 5. The summed E-state index contributed by atoms with van der Waals surface area (Å²) >= 11 is 0. The third kappa shape index (κ3) is 3.79. The van der Waals surface area contributed by atoms with Gasteiger partial charge in [0.25, 0.3) is 0 Å². The SMILES string of the molecule is c1ccc2c(c1)oc1cc(-c3ccc(N(c4ccc5c(c4)oc4ccccc45)c4ccc5oc6ccccc6c5c4)nc3)ccc12. The van der Waals surface area contributed by atoms with Gasteiger partial charge in [-0.1, -0.05) is 60.7 Å². The van der Waals surface area contributed by atoms with Crippen molar-refractivity contribution < 1.29 is 13.3 Å². The first kappa shape index (κ1) is 25.0. The van der Waals surface area contributed by atoms with Crippen LogP contribution < -0.4 is 4.90 Å². The Bertz CT molecular complexity index is 2770. The van der Waals surface area contributed by atoms with E-state index in [1.54, 1.807) is 0 Å². The molecule has 4 heterocycles. The number of fused-ring (bicyclic) bond motifs is 9. The molecule has 0 amide bonds. The molecule has 5 nitrogen and oxygen atoms in total. The molecular formula is C41H24N2O3. The molecule has 0 aliphatic carbocycles. The van der Waals surface area contributed by atoms with Gasteiger partial charge >= 0.3 is 0 Å². The molecule has 6 aromatic carbocycles. The van der Waals surface area contributed by atoms with Crippen molar-refractivity contribution in [3.8, 4) is 11.1 Å². The molecular weight excluding hydrogens is 568 g/mol. The van der Waals surface area contributed by atoms with Gasteiger partial charge < -0.3 is 13.3 Å². The molecule has 0 aliphatic heterocycles. The maximum absolute atomic E-state index is 6.29. The lowest BCUT2D eigenvalue weighted by Gasteiger charge is -2.24. The Hall–Kier alpha value is -6.33. The molecule has 10 aromatic rings. The smallest absolute Gasteiger partial charge is 0.137 e. The maximum atomic E-state index is 6.29. The van der Waals surface area contributed by atoms with E-state index in [4.69, 9.17) is 18.2 Å². The lowest BCUT2D eigenvalue weighted by molar-refractivity contribution is 0.668. The van der Waals surface area contributed by atoms with Gasteiger partial charge in [-0.25, -0.2) is 4.98 Å². The van der Waals surface area contributed by atoms with Gasteiger partial charge in [-0.3, -0.25) is 4.90 Å². The summed E-state index contributed by atoms with van der Waals surface area (Å²) in [7, 11) is 0. The van der Waals surface area contributed by atoms with E-state index < -0.39 is 0 Å². The van der Waals surface area contributed by atoms with Crippen LogP contribution in [0.5, 0.6) is 0 Å². The van der Waals surface area contributed by atoms with Gasteiger partial charge in [0.1, 0.15) is 39.3 Å². The minimum atomic E-state index is 0.788. The fourth-order valence-corrected chi connectivity index (χ4v) is 6.71. The number of rotatable bonds is 4. The molecule has 0 radical (unpaired) electrons. The van der Waals surface area contributed by atoms with Crippen LogP contribution in [0.15, 0.2) is 159 Å². The van der Waals surface area contributed by atoms with Crippen LogP contribution in [0.4, 0.5) is 17.2 Å². The summed E-state index contributed by atoms with van der Waals surface area (Å²) in [5, 5.41) is 6.55. The Labute approximate surface area is 262 Å². The molecule has 0 fully saturated rings. The predicted molar refractivity (Wildman–Crippen MR) is 186 cm³/mol. The van der Waals surface area contributed by atoms with Gasteiger partial charge in [0.05, 0.1) is 5.69 Å². The molecule has 0 saturated carbocycles. The van der Waals surface area contributed by atoms with Crippen molar-refractivity contribution in [1.82, 2.24) is 4.98 Å². The summed E-state index contributed by atoms with van der Waals surface area (Å²) < 4.78 is 18.6. The van der Waals surface area contributed by atoms with E-state index in [0.717, 1.165) is 94.1 Å². The average Bonchev–Trinajstić information content (AvgIpc) is 3.79. The third-order valence-corrected chi connectivity index (χ3v) is 8.93. The third-order valence-electron chi connectivity index (χ3n) is 8.93. The van der Waals surface area contributed by atoms with E-state index >= 15 is 0 Å². The zero-order chi connectivity index (χ0) is 30.2. The zero-order valence-electron chi connectivity index (χ0n) is 24.5. The maximum Gasteiger partial charge on any atom is 0.137 e. The van der Waals surface area contributed by atoms with Crippen LogP contribution in [0.25, 0.3) is 76.9 Å². The van der Waals surface area contributed by atoms with Crippen LogP contribution in [-0.4, -0.2) is 4.98 Å². The van der Waals surface area contributed by atoms with Gasteiger partial charge in [-0.15, -0.1) is 0 Å². The number of furan rings is 3. The summed E-state index contributed by atoms with van der Waals surface area (Å²) in [6.45, 7) is 0. The van der Waals surface area contributed by atoms with E-state index in [1.807, 2.05) is 66.9 Å². The summed E-state index contributed by atoms with van der Waals surface area (Å²) in [5.74, 6) is 0.788. The number of pyridine rings is 1. The highest BCUT2D eigenvalue weighted by Crippen LogP contribution is 2.41. The van der Waals surface area contributed by atoms with Crippen molar-refractivity contribution in [1.29, 1.82) is 0 Å². The number of aromatic nitrogens is 1. The fraction of sp³-hybridized carbons (Fsp3) is 0. The Morgan fingerprint density at radius 1 is 0.370 bits per heavy atom. The summed E-state index contributed by atoms with van der Waals surface area (Å²) in [6, 6.07) is 47.6. The van der Waals surface area contributed by atoms with Crippen molar-refractivity contribution in [2.45, 2.75) is 0 Å². The lowest BCUT2D eigenvalue weighted by atomic mass is 10.0. The standard InChI is InChI=1S/C41H24N2O3/c1-4-10-35-29(7-1)32-17-13-25(21-39(32)45-35)26-14-20-41(42-24-26)43(27-16-19-38-34(22-27)31-9-3-6-12-37(31)44-38)28-15-18-33-30-8-2-5-11-36(30)46-40(33)23-28/h1-24H. The van der Waals surface area contributed by atoms with Crippen molar-refractivity contribution in [3.05, 3.63) is 146 Å². The highest BCUT2D eigenvalue weighted by molar-refractivity contribution is 6.08. The molecule has 0 aliphatic rings. The van der Waals surface area contributed by atoms with Crippen molar-refractivity contribution in [2.75, 3.05) is 4.90 Å². The molecule has 0 N–H and O–H groups in total. The van der Waals surface area contributed by atoms with Crippen LogP contribution in [0, 0.1) is 0 Å². The number of anilines is 3. The van der Waals surface area contributed by atoms with Crippen molar-refractivity contribution in [2.24, 2.45) is 0 Å². The summed E-state index contributed by atoms with van der Waals surface area (Å²) in [5.41, 5.74) is 9.15. The monoisotopic (exact) mass is 592 g/mol. The Morgan fingerprint density at radius 2 is 0.870 bits per heavy atom. The normalized spacial score (nSPS) is 11.9. The topological polar surface area (TPSA) is 55.6 Å². The Kier molecular flexibility index (Phi) is 5.22. The molecule has 0 saturated heterocycles. The molecule has 0 spiro atoms. The molecule has 4 aromatic heterocycles. The van der Waals surface area contributed by atoms with Crippen molar-refractivity contribution >= 4 is 83.0 Å². The predicted octanol–water partition coefficient (Wildman–Crippen LogP) is 11.9. The molecule has 0 bridgehead atoms. The number of para-hydroxylation sites is 3. The highest BCUT2D eigenvalue weighted by Gasteiger charge is 2.19. The van der Waals surface area contributed by atoms with Gasteiger partial charge in [-0.05, 0) is 78.4 Å². The first-order chi connectivity index (χ1) is 22.8. The molecule has 5 heteroatoms. The van der Waals surface area contributed by atoms with E-state index in [9.17, 15) is 0 Å². The first-order valence-electron chi connectivity index (χ1n) is 15.3. The summed E-state index contributed by atoms with van der Waals surface area (Å²) in [4.78, 5) is 7.19. The van der Waals surface area contributed by atoms with Gasteiger partial charge in [-0.2, -0.15) is 0 Å². The molecule has 10 rings (SSSR count). The second kappa shape index (κ2) is 9.58.